The van der Waals surface area contributed by atoms with E-state index in [0.29, 0.717) is 6.42 Å². The second kappa shape index (κ2) is 7.54. The molecule has 2 rings (SSSR count). The topological polar surface area (TPSA) is 66.4 Å². The number of hydrogen-bond acceptors (Lipinski definition) is 3. The number of aliphatic hydroxyl groups is 1. The Kier molecular flexibility index (Phi) is 5.71. The van der Waals surface area contributed by atoms with Gasteiger partial charge in [-0.25, -0.2) is 13.1 Å². The second-order valence-corrected chi connectivity index (χ2v) is 6.90. The van der Waals surface area contributed by atoms with E-state index < -0.39 is 16.1 Å². The van der Waals surface area contributed by atoms with Crippen molar-refractivity contribution in [2.75, 3.05) is 6.61 Å². The second-order valence-electron chi connectivity index (χ2n) is 5.19. The molecule has 2 N–H and O–H groups in total. The lowest BCUT2D eigenvalue weighted by molar-refractivity contribution is 0.256. The van der Waals surface area contributed by atoms with E-state index in [9.17, 15) is 13.5 Å². The maximum absolute atomic E-state index is 12.4. The van der Waals surface area contributed by atoms with Crippen molar-refractivity contribution >= 4 is 10.0 Å². The van der Waals surface area contributed by atoms with Crippen LogP contribution in [0.3, 0.4) is 0 Å². The highest BCUT2D eigenvalue weighted by Gasteiger charge is 2.19. The van der Waals surface area contributed by atoms with Gasteiger partial charge in [0.05, 0.1) is 11.5 Å². The summed E-state index contributed by atoms with van der Waals surface area (Å²) in [6.07, 6.45) is 1.31. The van der Waals surface area contributed by atoms with E-state index in [1.54, 1.807) is 24.3 Å². The van der Waals surface area contributed by atoms with E-state index in [4.69, 9.17) is 0 Å². The number of benzene rings is 2. The highest BCUT2D eigenvalue weighted by molar-refractivity contribution is 7.89. The van der Waals surface area contributed by atoms with Crippen molar-refractivity contribution in [2.45, 2.75) is 30.7 Å². The first kappa shape index (κ1) is 16.7. The minimum absolute atomic E-state index is 0.219. The van der Waals surface area contributed by atoms with E-state index in [1.807, 2.05) is 37.3 Å². The molecule has 0 heterocycles. The molecule has 0 saturated heterocycles. The average Bonchev–Trinajstić information content (AvgIpc) is 2.55. The van der Waals surface area contributed by atoms with Crippen LogP contribution >= 0.6 is 0 Å². The highest BCUT2D eigenvalue weighted by Crippen LogP contribution is 2.12. The smallest absolute Gasteiger partial charge is 0.240 e. The molecule has 5 heteroatoms. The molecule has 0 aliphatic rings. The van der Waals surface area contributed by atoms with Gasteiger partial charge in [-0.15, -0.1) is 0 Å². The third-order valence-corrected chi connectivity index (χ3v) is 5.05. The van der Waals surface area contributed by atoms with E-state index in [1.165, 1.54) is 0 Å². The maximum Gasteiger partial charge on any atom is 0.240 e. The lowest BCUT2D eigenvalue weighted by Gasteiger charge is -2.16. The van der Waals surface area contributed by atoms with Gasteiger partial charge in [-0.3, -0.25) is 0 Å². The molecule has 4 nitrogen and oxygen atoms in total. The lowest BCUT2D eigenvalue weighted by Crippen LogP contribution is -2.39. The molecule has 1 atom stereocenters. The third kappa shape index (κ3) is 4.40. The molecule has 0 bridgehead atoms. The molecule has 0 spiro atoms. The Morgan fingerprint density at radius 2 is 1.64 bits per heavy atom. The van der Waals surface area contributed by atoms with Crippen molar-refractivity contribution < 1.29 is 13.5 Å². The summed E-state index contributed by atoms with van der Waals surface area (Å²) in [5, 5.41) is 9.45. The summed E-state index contributed by atoms with van der Waals surface area (Å²) in [4.78, 5) is 0.219. The molecule has 0 fully saturated rings. The molecule has 0 saturated carbocycles. The Morgan fingerprint density at radius 3 is 2.18 bits per heavy atom. The summed E-state index contributed by atoms with van der Waals surface area (Å²) < 4.78 is 27.3. The summed E-state index contributed by atoms with van der Waals surface area (Å²) in [7, 11) is -3.63. The van der Waals surface area contributed by atoms with Crippen LogP contribution in [0.15, 0.2) is 59.5 Å². The molecule has 22 heavy (non-hydrogen) atoms. The first-order valence-electron chi connectivity index (χ1n) is 7.31. The van der Waals surface area contributed by atoms with Crippen LogP contribution in [-0.4, -0.2) is 26.2 Å². The van der Waals surface area contributed by atoms with Crippen LogP contribution in [0.4, 0.5) is 0 Å². The fraction of sp³-hybridized carbons (Fsp3) is 0.294. The fourth-order valence-corrected chi connectivity index (χ4v) is 3.46. The molecule has 0 radical (unpaired) electrons. The monoisotopic (exact) mass is 319 g/mol. The van der Waals surface area contributed by atoms with Gasteiger partial charge in [0.25, 0.3) is 0 Å². The molecular formula is C17H21NO3S. The largest absolute Gasteiger partial charge is 0.395 e. The number of aliphatic hydroxyl groups excluding tert-OH is 1. The van der Waals surface area contributed by atoms with Gasteiger partial charge in [-0.2, -0.15) is 0 Å². The van der Waals surface area contributed by atoms with Gasteiger partial charge < -0.3 is 5.11 Å². The summed E-state index contributed by atoms with van der Waals surface area (Å²) >= 11 is 0. The Labute approximate surface area is 131 Å². The van der Waals surface area contributed by atoms with Crippen molar-refractivity contribution in [3.05, 3.63) is 65.7 Å². The van der Waals surface area contributed by atoms with Crippen molar-refractivity contribution in [2.24, 2.45) is 0 Å². The van der Waals surface area contributed by atoms with E-state index in [0.717, 1.165) is 17.5 Å². The quantitative estimate of drug-likeness (QED) is 0.821. The Balaban J connectivity index is 2.11. The normalized spacial score (nSPS) is 13.0. The van der Waals surface area contributed by atoms with Crippen LogP contribution in [0.25, 0.3) is 0 Å². The first-order valence-corrected chi connectivity index (χ1v) is 8.79. The van der Waals surface area contributed by atoms with Crippen molar-refractivity contribution in [1.82, 2.24) is 4.72 Å². The summed E-state index contributed by atoms with van der Waals surface area (Å²) in [5.41, 5.74) is 2.06. The van der Waals surface area contributed by atoms with Gasteiger partial charge in [0.2, 0.25) is 10.0 Å². The third-order valence-electron chi connectivity index (χ3n) is 3.51. The van der Waals surface area contributed by atoms with Crippen LogP contribution in [-0.2, 0) is 22.9 Å². The predicted octanol–water partition coefficient (Wildman–Crippen LogP) is 2.13. The van der Waals surface area contributed by atoms with Crippen molar-refractivity contribution in [1.29, 1.82) is 0 Å². The minimum Gasteiger partial charge on any atom is -0.395 e. The SMILES string of the molecule is CCc1ccc(S(=O)(=O)N[C@H](CO)Cc2ccccc2)cc1. The average molecular weight is 319 g/mol. The molecular weight excluding hydrogens is 298 g/mol. The van der Waals surface area contributed by atoms with Crippen LogP contribution in [0.2, 0.25) is 0 Å². The number of rotatable bonds is 7. The molecule has 0 aliphatic heterocycles. The van der Waals surface area contributed by atoms with Gasteiger partial charge in [-0.1, -0.05) is 49.4 Å². The number of aryl methyl sites for hydroxylation is 1. The van der Waals surface area contributed by atoms with E-state index >= 15 is 0 Å². The summed E-state index contributed by atoms with van der Waals surface area (Å²) in [6, 6.07) is 15.8. The Morgan fingerprint density at radius 1 is 1.00 bits per heavy atom. The van der Waals surface area contributed by atoms with Crippen LogP contribution in [0.1, 0.15) is 18.1 Å². The van der Waals surface area contributed by atoms with Gasteiger partial charge in [0, 0.05) is 6.04 Å². The number of hydrogen-bond donors (Lipinski definition) is 2. The molecule has 0 aliphatic carbocycles. The highest BCUT2D eigenvalue weighted by atomic mass is 32.2. The Hall–Kier alpha value is -1.69. The van der Waals surface area contributed by atoms with E-state index in [-0.39, 0.29) is 11.5 Å². The van der Waals surface area contributed by atoms with Gasteiger partial charge in [0.1, 0.15) is 0 Å². The number of sulfonamides is 1. The molecule has 0 amide bonds. The minimum atomic E-state index is -3.63. The lowest BCUT2D eigenvalue weighted by atomic mass is 10.1. The molecule has 2 aromatic rings. The molecule has 0 unspecified atom stereocenters. The zero-order valence-electron chi connectivity index (χ0n) is 12.6. The van der Waals surface area contributed by atoms with Gasteiger partial charge in [-0.05, 0) is 36.1 Å². The maximum atomic E-state index is 12.4. The van der Waals surface area contributed by atoms with E-state index in [2.05, 4.69) is 4.72 Å². The molecule has 2 aromatic carbocycles. The molecule has 118 valence electrons. The number of nitrogens with one attached hydrogen (secondary N) is 1. The zero-order valence-corrected chi connectivity index (χ0v) is 13.4. The van der Waals surface area contributed by atoms with Crippen molar-refractivity contribution in [3.8, 4) is 0 Å². The van der Waals surface area contributed by atoms with Crippen LogP contribution in [0.5, 0.6) is 0 Å². The summed E-state index contributed by atoms with van der Waals surface area (Å²) in [5.74, 6) is 0. The van der Waals surface area contributed by atoms with Crippen LogP contribution in [0, 0.1) is 0 Å². The first-order chi connectivity index (χ1) is 10.5. The van der Waals surface area contributed by atoms with Gasteiger partial charge in [0.15, 0.2) is 0 Å². The fourth-order valence-electron chi connectivity index (χ4n) is 2.23. The predicted molar refractivity (Wildman–Crippen MR) is 87.2 cm³/mol. The van der Waals surface area contributed by atoms with Gasteiger partial charge >= 0.3 is 0 Å². The van der Waals surface area contributed by atoms with Crippen molar-refractivity contribution in [3.63, 3.8) is 0 Å². The standard InChI is InChI=1S/C17H21NO3S/c1-2-14-8-10-17(11-9-14)22(20,21)18-16(13-19)12-15-6-4-3-5-7-15/h3-11,16,18-19H,2,12-13H2,1H3/t16-/m0/s1. The Bertz CT molecular complexity index is 682. The zero-order chi connectivity index (χ0) is 16.0. The molecule has 0 aromatic heterocycles. The van der Waals surface area contributed by atoms with Crippen LogP contribution < -0.4 is 4.72 Å². The summed E-state index contributed by atoms with van der Waals surface area (Å²) in [6.45, 7) is 1.77.